The first kappa shape index (κ1) is 18.7. The number of alkyl carbamates (subject to hydrolysis) is 1. The van der Waals surface area contributed by atoms with Crippen molar-refractivity contribution in [1.29, 1.82) is 0 Å². The fourth-order valence-electron chi connectivity index (χ4n) is 1.92. The van der Waals surface area contributed by atoms with Gasteiger partial charge >= 0.3 is 12.1 Å². The number of nitrogens with one attached hydrogen (secondary N) is 1. The van der Waals surface area contributed by atoms with Gasteiger partial charge in [0.15, 0.2) is 5.78 Å². The number of carboxylic acids is 1. The first-order valence-electron chi connectivity index (χ1n) is 7.47. The molecule has 0 aliphatic heterocycles. The zero-order valence-corrected chi connectivity index (χ0v) is 13.9. The summed E-state index contributed by atoms with van der Waals surface area (Å²) in [5.41, 5.74) is 0.597. The van der Waals surface area contributed by atoms with E-state index in [2.05, 4.69) is 5.32 Å². The summed E-state index contributed by atoms with van der Waals surface area (Å²) in [6.45, 7) is 6.88. The largest absolute Gasteiger partial charge is 0.480 e. The van der Waals surface area contributed by atoms with Crippen molar-refractivity contribution >= 4 is 17.8 Å². The normalized spacial score (nSPS) is 12.3. The van der Waals surface area contributed by atoms with Crippen LogP contribution in [0.15, 0.2) is 24.3 Å². The Morgan fingerprint density at radius 3 is 2.17 bits per heavy atom. The van der Waals surface area contributed by atoms with E-state index in [1.165, 1.54) is 0 Å². The summed E-state index contributed by atoms with van der Waals surface area (Å²) in [6.07, 6.45) is -0.255. The first-order chi connectivity index (χ1) is 10.6. The number of aliphatic carboxylic acids is 1. The number of benzene rings is 1. The molecule has 126 valence electrons. The molecule has 0 saturated carbocycles. The van der Waals surface area contributed by atoms with Crippen molar-refractivity contribution < 1.29 is 24.2 Å². The maximum Gasteiger partial charge on any atom is 0.408 e. The molecule has 0 aliphatic carbocycles. The second-order valence-corrected chi connectivity index (χ2v) is 6.21. The third-order valence-electron chi connectivity index (χ3n) is 3.03. The van der Waals surface area contributed by atoms with Crippen LogP contribution in [0.25, 0.3) is 0 Å². The number of carboxylic acid groups (broad SMARTS) is 1. The minimum Gasteiger partial charge on any atom is -0.480 e. The quantitative estimate of drug-likeness (QED) is 0.786. The van der Waals surface area contributed by atoms with Crippen LogP contribution in [0.5, 0.6) is 0 Å². The molecule has 1 aromatic carbocycles. The van der Waals surface area contributed by atoms with E-state index in [-0.39, 0.29) is 12.2 Å². The number of amides is 1. The van der Waals surface area contributed by atoms with Crippen molar-refractivity contribution in [2.75, 3.05) is 0 Å². The average molecular weight is 321 g/mol. The summed E-state index contributed by atoms with van der Waals surface area (Å²) >= 11 is 0. The number of carbonyl (C=O) groups is 3. The molecule has 0 unspecified atom stereocenters. The van der Waals surface area contributed by atoms with Crippen LogP contribution in [0.2, 0.25) is 0 Å². The van der Waals surface area contributed by atoms with Crippen molar-refractivity contribution in [2.45, 2.75) is 52.2 Å². The molecule has 1 atom stereocenters. The van der Waals surface area contributed by atoms with Gasteiger partial charge in [-0.25, -0.2) is 9.59 Å². The van der Waals surface area contributed by atoms with Crippen LogP contribution in [-0.4, -0.2) is 34.6 Å². The van der Waals surface area contributed by atoms with Crippen LogP contribution < -0.4 is 5.32 Å². The van der Waals surface area contributed by atoms with Gasteiger partial charge in [0.1, 0.15) is 11.6 Å². The lowest BCUT2D eigenvalue weighted by Crippen LogP contribution is -2.44. The van der Waals surface area contributed by atoms with E-state index in [1.807, 2.05) is 0 Å². The van der Waals surface area contributed by atoms with Gasteiger partial charge in [0.05, 0.1) is 0 Å². The van der Waals surface area contributed by atoms with E-state index in [9.17, 15) is 19.5 Å². The van der Waals surface area contributed by atoms with Gasteiger partial charge < -0.3 is 15.2 Å². The summed E-state index contributed by atoms with van der Waals surface area (Å²) < 4.78 is 5.06. The van der Waals surface area contributed by atoms with Gasteiger partial charge in [-0.15, -0.1) is 0 Å². The predicted molar refractivity (Wildman–Crippen MR) is 85.6 cm³/mol. The second-order valence-electron chi connectivity index (χ2n) is 6.21. The van der Waals surface area contributed by atoms with Gasteiger partial charge in [-0.2, -0.15) is 0 Å². The van der Waals surface area contributed by atoms with Crippen molar-refractivity contribution in [3.8, 4) is 0 Å². The molecule has 0 aliphatic rings. The minimum atomic E-state index is -1.15. The van der Waals surface area contributed by atoms with E-state index in [4.69, 9.17) is 4.74 Å². The maximum atomic E-state index is 11.7. The zero-order valence-electron chi connectivity index (χ0n) is 13.9. The minimum absolute atomic E-state index is 0.0261. The highest BCUT2D eigenvalue weighted by molar-refractivity contribution is 5.95. The molecule has 6 nitrogen and oxygen atoms in total. The summed E-state index contributed by atoms with van der Waals surface area (Å²) in [5, 5.41) is 11.6. The molecule has 6 heteroatoms. The van der Waals surface area contributed by atoms with Gasteiger partial charge in [0.25, 0.3) is 0 Å². The standard InChI is InChI=1S/C17H23NO5/c1-5-14(19)12-8-6-11(7-9-12)10-13(15(20)21)18-16(22)23-17(2,3)4/h6-9,13H,5,10H2,1-4H3,(H,18,22)(H,20,21)/t13-/m0/s1. The number of hydrogen-bond acceptors (Lipinski definition) is 4. The summed E-state index contributed by atoms with van der Waals surface area (Å²) in [4.78, 5) is 34.6. The van der Waals surface area contributed by atoms with Crippen LogP contribution in [0, 0.1) is 0 Å². The van der Waals surface area contributed by atoms with Crippen LogP contribution >= 0.6 is 0 Å². The highest BCUT2D eigenvalue weighted by Crippen LogP contribution is 2.11. The Hall–Kier alpha value is -2.37. The molecular formula is C17H23NO5. The number of ether oxygens (including phenoxy) is 1. The Kier molecular flexibility index (Phi) is 6.30. The Labute approximate surface area is 135 Å². The number of hydrogen-bond donors (Lipinski definition) is 2. The van der Waals surface area contributed by atoms with Crippen LogP contribution in [0.1, 0.15) is 50.0 Å². The van der Waals surface area contributed by atoms with Crippen molar-refractivity contribution in [1.82, 2.24) is 5.32 Å². The molecule has 0 saturated heterocycles. The van der Waals surface area contributed by atoms with E-state index >= 15 is 0 Å². The van der Waals surface area contributed by atoms with Crippen molar-refractivity contribution in [3.63, 3.8) is 0 Å². The Bertz CT molecular complexity index is 572. The van der Waals surface area contributed by atoms with Crippen molar-refractivity contribution in [2.24, 2.45) is 0 Å². The van der Waals surface area contributed by atoms with E-state index in [0.29, 0.717) is 17.5 Å². The van der Waals surface area contributed by atoms with Gasteiger partial charge in [-0.05, 0) is 26.3 Å². The fourth-order valence-corrected chi connectivity index (χ4v) is 1.92. The smallest absolute Gasteiger partial charge is 0.408 e. The lowest BCUT2D eigenvalue weighted by molar-refractivity contribution is -0.139. The van der Waals surface area contributed by atoms with E-state index in [1.54, 1.807) is 52.0 Å². The van der Waals surface area contributed by atoms with Crippen molar-refractivity contribution in [3.05, 3.63) is 35.4 Å². The predicted octanol–water partition coefficient (Wildman–Crippen LogP) is 2.80. The number of ketones is 1. The highest BCUT2D eigenvalue weighted by atomic mass is 16.6. The highest BCUT2D eigenvalue weighted by Gasteiger charge is 2.24. The van der Waals surface area contributed by atoms with Gasteiger partial charge in [0, 0.05) is 18.4 Å². The zero-order chi connectivity index (χ0) is 17.6. The molecule has 0 fully saturated rings. The number of carbonyl (C=O) groups excluding carboxylic acids is 2. The molecule has 0 bridgehead atoms. The molecule has 0 radical (unpaired) electrons. The molecule has 0 heterocycles. The maximum absolute atomic E-state index is 11.7. The summed E-state index contributed by atoms with van der Waals surface area (Å²) in [7, 11) is 0. The molecule has 23 heavy (non-hydrogen) atoms. The van der Waals surface area contributed by atoms with Crippen LogP contribution in [0.4, 0.5) is 4.79 Å². The average Bonchev–Trinajstić information content (AvgIpc) is 2.44. The third-order valence-corrected chi connectivity index (χ3v) is 3.03. The number of Topliss-reactive ketones (excluding diaryl/α,β-unsaturated/α-hetero) is 1. The third kappa shape index (κ3) is 6.50. The Balaban J connectivity index is 2.75. The second kappa shape index (κ2) is 7.76. The summed E-state index contributed by atoms with van der Waals surface area (Å²) in [6, 6.07) is 5.60. The van der Waals surface area contributed by atoms with Gasteiger partial charge in [0.2, 0.25) is 0 Å². The summed E-state index contributed by atoms with van der Waals surface area (Å²) in [5.74, 6) is -1.12. The lowest BCUT2D eigenvalue weighted by atomic mass is 10.0. The molecular weight excluding hydrogens is 298 g/mol. The Morgan fingerprint density at radius 1 is 1.17 bits per heavy atom. The lowest BCUT2D eigenvalue weighted by Gasteiger charge is -2.22. The van der Waals surface area contributed by atoms with Crippen LogP contribution in [-0.2, 0) is 16.0 Å². The molecule has 2 N–H and O–H groups in total. The monoisotopic (exact) mass is 321 g/mol. The van der Waals surface area contributed by atoms with Gasteiger partial charge in [-0.3, -0.25) is 4.79 Å². The number of rotatable bonds is 6. The van der Waals surface area contributed by atoms with Crippen LogP contribution in [0.3, 0.4) is 0 Å². The first-order valence-corrected chi connectivity index (χ1v) is 7.47. The molecule has 0 spiro atoms. The molecule has 1 aromatic rings. The Morgan fingerprint density at radius 2 is 1.74 bits per heavy atom. The SMILES string of the molecule is CCC(=O)c1ccc(C[C@H](NC(=O)OC(C)(C)C)C(=O)O)cc1. The molecule has 0 aromatic heterocycles. The fraction of sp³-hybridized carbons (Fsp3) is 0.471. The van der Waals surface area contributed by atoms with Gasteiger partial charge in [-0.1, -0.05) is 31.2 Å². The van der Waals surface area contributed by atoms with E-state index < -0.39 is 23.7 Å². The molecule has 1 rings (SSSR count). The van der Waals surface area contributed by atoms with E-state index in [0.717, 1.165) is 0 Å². The topological polar surface area (TPSA) is 92.7 Å². The molecule has 1 amide bonds.